The Hall–Kier alpha value is -2.18. The lowest BCUT2D eigenvalue weighted by Gasteiger charge is -2.07. The minimum atomic E-state index is -0.614. The number of esters is 1. The van der Waals surface area contributed by atoms with Gasteiger partial charge in [-0.1, -0.05) is 41.9 Å². The predicted molar refractivity (Wildman–Crippen MR) is 102 cm³/mol. The first-order chi connectivity index (χ1) is 12.1. The molecule has 0 fully saturated rings. The molecule has 0 saturated carbocycles. The minimum absolute atomic E-state index is 0.258. The van der Waals surface area contributed by atoms with Crippen LogP contribution in [0, 0.1) is 0 Å². The van der Waals surface area contributed by atoms with Crippen LogP contribution in [0.15, 0.2) is 48.5 Å². The van der Waals surface area contributed by atoms with Gasteiger partial charge in [0.05, 0.1) is 16.3 Å². The summed E-state index contributed by atoms with van der Waals surface area (Å²) in [4.78, 5) is 23.5. The lowest BCUT2D eigenvalue weighted by molar-refractivity contribution is -0.124. The Morgan fingerprint density at radius 3 is 2.64 bits per heavy atom. The molecule has 7 heteroatoms. The lowest BCUT2D eigenvalue weighted by atomic mass is 10.2. The molecule has 5 nitrogen and oxygen atoms in total. The molecule has 0 spiro atoms. The van der Waals surface area contributed by atoms with Gasteiger partial charge in [-0.25, -0.2) is 4.79 Å². The molecule has 1 amide bonds. The number of ether oxygens (including phenoxy) is 1. The van der Waals surface area contributed by atoms with Crippen LogP contribution in [0.4, 0.5) is 5.69 Å². The number of amides is 1. The van der Waals surface area contributed by atoms with Crippen LogP contribution in [0.5, 0.6) is 0 Å². The van der Waals surface area contributed by atoms with Crippen LogP contribution in [0.3, 0.4) is 0 Å². The molecule has 0 radical (unpaired) electrons. The van der Waals surface area contributed by atoms with Crippen molar-refractivity contribution in [2.24, 2.45) is 0 Å². The van der Waals surface area contributed by atoms with Crippen molar-refractivity contribution >= 4 is 40.9 Å². The second kappa shape index (κ2) is 9.96. The number of hydrogen-bond acceptors (Lipinski definition) is 5. The van der Waals surface area contributed by atoms with E-state index in [0.717, 1.165) is 11.5 Å². The quantitative estimate of drug-likeness (QED) is 0.419. The van der Waals surface area contributed by atoms with E-state index >= 15 is 0 Å². The molecular weight excluding hydrogens is 360 g/mol. The standard InChI is InChI=1S/C18H19ClN2O3S/c19-15-7-6-14(10-16(15)20)18(23)24-11-17(22)21-8-9-25-12-13-4-2-1-3-5-13/h1-7,10H,8-9,11-12,20H2,(H,21,22). The van der Waals surface area contributed by atoms with E-state index in [1.807, 2.05) is 18.2 Å². The summed E-state index contributed by atoms with van der Waals surface area (Å²) in [7, 11) is 0. The Morgan fingerprint density at radius 1 is 1.16 bits per heavy atom. The zero-order chi connectivity index (χ0) is 18.1. The predicted octanol–water partition coefficient (Wildman–Crippen LogP) is 3.13. The van der Waals surface area contributed by atoms with Gasteiger partial charge in [0, 0.05) is 18.1 Å². The van der Waals surface area contributed by atoms with Crippen LogP contribution >= 0.6 is 23.4 Å². The molecule has 3 N–H and O–H groups in total. The fourth-order valence-electron chi connectivity index (χ4n) is 1.96. The molecule has 25 heavy (non-hydrogen) atoms. The molecule has 0 saturated heterocycles. The number of rotatable bonds is 8. The Morgan fingerprint density at radius 2 is 1.92 bits per heavy atom. The number of benzene rings is 2. The van der Waals surface area contributed by atoms with E-state index in [0.29, 0.717) is 11.6 Å². The summed E-state index contributed by atoms with van der Waals surface area (Å²) >= 11 is 7.52. The lowest BCUT2D eigenvalue weighted by Crippen LogP contribution is -2.30. The number of halogens is 1. The van der Waals surface area contributed by atoms with E-state index in [1.54, 1.807) is 11.8 Å². The van der Waals surface area contributed by atoms with Gasteiger partial charge in [0.1, 0.15) is 0 Å². The van der Waals surface area contributed by atoms with E-state index in [-0.39, 0.29) is 23.8 Å². The van der Waals surface area contributed by atoms with Crippen molar-refractivity contribution in [3.05, 3.63) is 64.7 Å². The number of thioether (sulfide) groups is 1. The second-order valence-electron chi connectivity index (χ2n) is 5.20. The number of nitrogens with two attached hydrogens (primary N) is 1. The van der Waals surface area contributed by atoms with Crippen molar-refractivity contribution in [3.8, 4) is 0 Å². The summed E-state index contributed by atoms with van der Waals surface area (Å²) in [6.45, 7) is 0.187. The number of nitrogen functional groups attached to an aromatic ring is 1. The van der Waals surface area contributed by atoms with Gasteiger partial charge in [0.25, 0.3) is 5.91 Å². The Bertz CT molecular complexity index is 726. The smallest absolute Gasteiger partial charge is 0.338 e. The van der Waals surface area contributed by atoms with Gasteiger partial charge >= 0.3 is 5.97 Å². The molecule has 0 aliphatic heterocycles. The minimum Gasteiger partial charge on any atom is -0.452 e. The summed E-state index contributed by atoms with van der Waals surface area (Å²) in [5.41, 5.74) is 7.42. The van der Waals surface area contributed by atoms with Gasteiger partial charge in [-0.2, -0.15) is 11.8 Å². The van der Waals surface area contributed by atoms with Crippen LogP contribution in [0.25, 0.3) is 0 Å². The average Bonchev–Trinajstić information content (AvgIpc) is 2.62. The Balaban J connectivity index is 1.61. The van der Waals surface area contributed by atoms with E-state index in [4.69, 9.17) is 22.1 Å². The molecule has 0 bridgehead atoms. The van der Waals surface area contributed by atoms with Gasteiger partial charge in [-0.3, -0.25) is 4.79 Å². The Labute approximate surface area is 155 Å². The number of anilines is 1. The van der Waals surface area contributed by atoms with Gasteiger partial charge in [-0.15, -0.1) is 0 Å². The molecule has 2 aromatic carbocycles. The third-order valence-corrected chi connectivity index (χ3v) is 4.62. The number of hydrogen-bond donors (Lipinski definition) is 2. The maximum Gasteiger partial charge on any atom is 0.338 e. The molecule has 0 heterocycles. The molecule has 0 aromatic heterocycles. The highest BCUT2D eigenvalue weighted by molar-refractivity contribution is 7.98. The average molecular weight is 379 g/mol. The summed E-state index contributed by atoms with van der Waals surface area (Å²) < 4.78 is 4.95. The molecular formula is C18H19ClN2O3S. The zero-order valence-electron chi connectivity index (χ0n) is 13.5. The highest BCUT2D eigenvalue weighted by atomic mass is 35.5. The van der Waals surface area contributed by atoms with Crippen LogP contribution < -0.4 is 11.1 Å². The van der Waals surface area contributed by atoms with Crippen LogP contribution in [0.2, 0.25) is 5.02 Å². The number of nitrogens with one attached hydrogen (secondary N) is 1. The number of carbonyl (C=O) groups excluding carboxylic acids is 2. The molecule has 0 aliphatic carbocycles. The van der Waals surface area contributed by atoms with Crippen molar-refractivity contribution in [1.29, 1.82) is 0 Å². The largest absolute Gasteiger partial charge is 0.452 e. The normalized spacial score (nSPS) is 10.3. The fourth-order valence-corrected chi connectivity index (χ4v) is 2.90. The molecule has 2 rings (SSSR count). The molecule has 2 aromatic rings. The first-order valence-corrected chi connectivity index (χ1v) is 9.20. The van der Waals surface area contributed by atoms with Crippen LogP contribution in [-0.4, -0.2) is 30.8 Å². The molecule has 0 atom stereocenters. The maximum absolute atomic E-state index is 11.8. The first kappa shape index (κ1) is 19.1. The van der Waals surface area contributed by atoms with Crippen LogP contribution in [-0.2, 0) is 15.3 Å². The van der Waals surface area contributed by atoms with Crippen molar-refractivity contribution < 1.29 is 14.3 Å². The summed E-state index contributed by atoms with van der Waals surface area (Å²) in [6, 6.07) is 14.5. The fraction of sp³-hybridized carbons (Fsp3) is 0.222. The van der Waals surface area contributed by atoms with Gasteiger partial charge in [-0.05, 0) is 23.8 Å². The monoisotopic (exact) mass is 378 g/mol. The van der Waals surface area contributed by atoms with Crippen molar-refractivity contribution in [1.82, 2.24) is 5.32 Å². The summed E-state index contributed by atoms with van der Waals surface area (Å²) in [5.74, 6) is 0.721. The summed E-state index contributed by atoms with van der Waals surface area (Å²) in [6.07, 6.45) is 0. The number of carbonyl (C=O) groups is 2. The first-order valence-electron chi connectivity index (χ1n) is 7.67. The molecule has 0 aliphatic rings. The Kier molecular flexibility index (Phi) is 7.63. The topological polar surface area (TPSA) is 81.4 Å². The summed E-state index contributed by atoms with van der Waals surface area (Å²) in [5, 5.41) is 3.08. The van der Waals surface area contributed by atoms with E-state index in [2.05, 4.69) is 17.4 Å². The highest BCUT2D eigenvalue weighted by Gasteiger charge is 2.11. The van der Waals surface area contributed by atoms with Crippen molar-refractivity contribution in [3.63, 3.8) is 0 Å². The van der Waals surface area contributed by atoms with E-state index in [9.17, 15) is 9.59 Å². The van der Waals surface area contributed by atoms with Gasteiger partial charge in [0.2, 0.25) is 0 Å². The second-order valence-corrected chi connectivity index (χ2v) is 6.71. The highest BCUT2D eigenvalue weighted by Crippen LogP contribution is 2.19. The van der Waals surface area contributed by atoms with Gasteiger partial charge < -0.3 is 15.8 Å². The molecule has 0 unspecified atom stereocenters. The zero-order valence-corrected chi connectivity index (χ0v) is 15.1. The molecule has 132 valence electrons. The van der Waals surface area contributed by atoms with Gasteiger partial charge in [0.15, 0.2) is 6.61 Å². The maximum atomic E-state index is 11.8. The third kappa shape index (κ3) is 6.68. The van der Waals surface area contributed by atoms with E-state index < -0.39 is 5.97 Å². The third-order valence-electron chi connectivity index (χ3n) is 3.25. The van der Waals surface area contributed by atoms with Crippen LogP contribution in [0.1, 0.15) is 15.9 Å². The van der Waals surface area contributed by atoms with Crippen molar-refractivity contribution in [2.75, 3.05) is 24.6 Å². The van der Waals surface area contributed by atoms with E-state index in [1.165, 1.54) is 23.8 Å². The SMILES string of the molecule is Nc1cc(C(=O)OCC(=O)NCCSCc2ccccc2)ccc1Cl. The van der Waals surface area contributed by atoms with Crippen molar-refractivity contribution in [2.45, 2.75) is 5.75 Å².